The second-order valence-electron chi connectivity index (χ2n) is 4.54. The van der Waals surface area contributed by atoms with E-state index in [0.29, 0.717) is 5.65 Å². The number of H-pyrrole nitrogens is 2. The molecule has 0 aliphatic heterocycles. The van der Waals surface area contributed by atoms with E-state index >= 15 is 0 Å². The molecule has 0 saturated carbocycles. The van der Waals surface area contributed by atoms with E-state index in [1.54, 1.807) is 10.8 Å². The smallest absolute Gasteiger partial charge is 0.332 e. The van der Waals surface area contributed by atoms with Gasteiger partial charge in [0.2, 0.25) is 0 Å². The topological polar surface area (TPSA) is 66.5 Å². The van der Waals surface area contributed by atoms with Gasteiger partial charge in [0.05, 0.1) is 11.2 Å². The largest absolute Gasteiger partial charge is 0.361 e. The molecule has 0 bridgehead atoms. The summed E-state index contributed by atoms with van der Waals surface area (Å²) in [7, 11) is 0. The first-order valence-corrected chi connectivity index (χ1v) is 6.85. The molecule has 6 heteroatoms. The van der Waals surface area contributed by atoms with E-state index in [1.165, 1.54) is 0 Å². The Balaban J connectivity index is 2.07. The molecule has 0 unspecified atom stereocenters. The van der Waals surface area contributed by atoms with Crippen molar-refractivity contribution in [1.82, 2.24) is 19.5 Å². The number of pyridine rings is 1. The fourth-order valence-corrected chi connectivity index (χ4v) is 2.72. The van der Waals surface area contributed by atoms with E-state index in [2.05, 4.69) is 30.9 Å². The summed E-state index contributed by atoms with van der Waals surface area (Å²) >= 11 is 3.39. The van der Waals surface area contributed by atoms with Crippen LogP contribution in [-0.4, -0.2) is 19.5 Å². The average molecular weight is 329 g/mol. The highest BCUT2D eigenvalue weighted by Crippen LogP contribution is 2.21. The Morgan fingerprint density at radius 2 is 2.10 bits per heavy atom. The zero-order valence-corrected chi connectivity index (χ0v) is 11.8. The van der Waals surface area contributed by atoms with Crippen molar-refractivity contribution in [1.29, 1.82) is 0 Å². The standard InChI is InChI=1S/C14H9BrN4O/c15-9-6-12-13(17-7-9)18-14(20)19(12)10-1-2-11-8(5-10)3-4-16-11/h1-7,16H,(H,17,18,20). The number of nitrogens with one attached hydrogen (secondary N) is 2. The molecule has 0 amide bonds. The molecule has 3 heterocycles. The molecule has 0 radical (unpaired) electrons. The van der Waals surface area contributed by atoms with Crippen LogP contribution in [0.2, 0.25) is 0 Å². The van der Waals surface area contributed by atoms with Gasteiger partial charge in [0.15, 0.2) is 5.65 Å². The van der Waals surface area contributed by atoms with E-state index in [4.69, 9.17) is 0 Å². The van der Waals surface area contributed by atoms with Crippen LogP contribution < -0.4 is 5.69 Å². The van der Waals surface area contributed by atoms with Gasteiger partial charge in [-0.15, -0.1) is 0 Å². The maximum atomic E-state index is 12.2. The van der Waals surface area contributed by atoms with Gasteiger partial charge in [-0.05, 0) is 46.3 Å². The number of imidazole rings is 1. The molecule has 0 atom stereocenters. The van der Waals surface area contributed by atoms with Crippen LogP contribution in [0.3, 0.4) is 0 Å². The highest BCUT2D eigenvalue weighted by Gasteiger charge is 2.10. The van der Waals surface area contributed by atoms with E-state index in [-0.39, 0.29) is 5.69 Å². The third-order valence-corrected chi connectivity index (χ3v) is 3.73. The summed E-state index contributed by atoms with van der Waals surface area (Å²) < 4.78 is 2.46. The molecule has 2 N–H and O–H groups in total. The third-order valence-electron chi connectivity index (χ3n) is 3.30. The van der Waals surface area contributed by atoms with Crippen molar-refractivity contribution in [3.8, 4) is 5.69 Å². The van der Waals surface area contributed by atoms with Crippen LogP contribution in [-0.2, 0) is 0 Å². The first-order valence-electron chi connectivity index (χ1n) is 6.06. The number of halogens is 1. The van der Waals surface area contributed by atoms with Crippen LogP contribution in [0.5, 0.6) is 0 Å². The summed E-state index contributed by atoms with van der Waals surface area (Å²) in [6.07, 6.45) is 3.54. The van der Waals surface area contributed by atoms with Gasteiger partial charge >= 0.3 is 5.69 Å². The highest BCUT2D eigenvalue weighted by molar-refractivity contribution is 9.10. The summed E-state index contributed by atoms with van der Waals surface area (Å²) in [5.41, 5.74) is 2.99. The number of benzene rings is 1. The van der Waals surface area contributed by atoms with Crippen LogP contribution in [0.1, 0.15) is 0 Å². The van der Waals surface area contributed by atoms with Gasteiger partial charge in [0.1, 0.15) is 0 Å². The number of aromatic amines is 2. The molecule has 4 rings (SSSR count). The summed E-state index contributed by atoms with van der Waals surface area (Å²) in [5, 5.41) is 1.06. The van der Waals surface area contributed by atoms with Gasteiger partial charge in [0, 0.05) is 27.8 Å². The van der Waals surface area contributed by atoms with E-state index in [0.717, 1.165) is 26.6 Å². The summed E-state index contributed by atoms with van der Waals surface area (Å²) in [5.74, 6) is 0. The third kappa shape index (κ3) is 1.61. The van der Waals surface area contributed by atoms with Crippen molar-refractivity contribution in [2.45, 2.75) is 0 Å². The first-order chi connectivity index (χ1) is 9.72. The lowest BCUT2D eigenvalue weighted by molar-refractivity contribution is 1.02. The average Bonchev–Trinajstić information content (AvgIpc) is 3.00. The lowest BCUT2D eigenvalue weighted by Gasteiger charge is -2.03. The Bertz CT molecular complexity index is 995. The van der Waals surface area contributed by atoms with Crippen molar-refractivity contribution in [3.05, 3.63) is 57.7 Å². The van der Waals surface area contributed by atoms with E-state index in [1.807, 2.05) is 36.5 Å². The molecule has 0 aliphatic rings. The molecule has 1 aromatic carbocycles. The van der Waals surface area contributed by atoms with Gasteiger partial charge in [-0.1, -0.05) is 0 Å². The minimum absolute atomic E-state index is 0.194. The Hall–Kier alpha value is -2.34. The van der Waals surface area contributed by atoms with Crippen molar-refractivity contribution in [3.63, 3.8) is 0 Å². The fraction of sp³-hybridized carbons (Fsp3) is 0. The van der Waals surface area contributed by atoms with Crippen LogP contribution in [0.25, 0.3) is 27.8 Å². The van der Waals surface area contributed by atoms with Crippen LogP contribution >= 0.6 is 15.9 Å². The van der Waals surface area contributed by atoms with Crippen LogP contribution in [0.4, 0.5) is 0 Å². The second-order valence-corrected chi connectivity index (χ2v) is 5.45. The lowest BCUT2D eigenvalue weighted by Crippen LogP contribution is -2.14. The molecular weight excluding hydrogens is 320 g/mol. The Kier molecular flexibility index (Phi) is 2.34. The normalized spacial score (nSPS) is 11.4. The Labute approximate surface area is 121 Å². The molecule has 0 saturated heterocycles. The second kappa shape index (κ2) is 4.08. The van der Waals surface area contributed by atoms with Gasteiger partial charge in [-0.3, -0.25) is 9.55 Å². The summed E-state index contributed by atoms with van der Waals surface area (Å²) in [6.45, 7) is 0. The molecular formula is C14H9BrN4O. The Morgan fingerprint density at radius 1 is 1.20 bits per heavy atom. The van der Waals surface area contributed by atoms with Crippen molar-refractivity contribution < 1.29 is 0 Å². The van der Waals surface area contributed by atoms with Gasteiger partial charge in [0.25, 0.3) is 0 Å². The monoisotopic (exact) mass is 328 g/mol. The van der Waals surface area contributed by atoms with Gasteiger partial charge in [-0.25, -0.2) is 9.78 Å². The lowest BCUT2D eigenvalue weighted by atomic mass is 10.2. The molecule has 5 nitrogen and oxygen atoms in total. The maximum absolute atomic E-state index is 12.2. The van der Waals surface area contributed by atoms with E-state index in [9.17, 15) is 4.79 Å². The molecule has 4 aromatic rings. The van der Waals surface area contributed by atoms with Crippen molar-refractivity contribution in [2.24, 2.45) is 0 Å². The number of hydrogen-bond donors (Lipinski definition) is 2. The van der Waals surface area contributed by atoms with Crippen LogP contribution in [0.15, 0.2) is 52.0 Å². The van der Waals surface area contributed by atoms with E-state index < -0.39 is 0 Å². The number of aromatic nitrogens is 4. The molecule has 20 heavy (non-hydrogen) atoms. The Morgan fingerprint density at radius 3 is 3.00 bits per heavy atom. The number of fused-ring (bicyclic) bond motifs is 2. The van der Waals surface area contributed by atoms with Gasteiger partial charge < -0.3 is 4.98 Å². The highest BCUT2D eigenvalue weighted by atomic mass is 79.9. The first kappa shape index (κ1) is 11.5. The van der Waals surface area contributed by atoms with Crippen molar-refractivity contribution in [2.75, 3.05) is 0 Å². The predicted octanol–water partition coefficient (Wildman–Crippen LogP) is 2.96. The zero-order valence-electron chi connectivity index (χ0n) is 10.2. The summed E-state index contributed by atoms with van der Waals surface area (Å²) in [6, 6.07) is 9.70. The quantitative estimate of drug-likeness (QED) is 0.564. The van der Waals surface area contributed by atoms with Crippen LogP contribution in [0, 0.1) is 0 Å². The number of nitrogens with zero attached hydrogens (tertiary/aromatic N) is 2. The molecule has 0 spiro atoms. The molecule has 0 aliphatic carbocycles. The molecule has 98 valence electrons. The number of rotatable bonds is 1. The fourth-order valence-electron chi connectivity index (χ4n) is 2.40. The predicted molar refractivity (Wildman–Crippen MR) is 81.2 cm³/mol. The minimum atomic E-state index is -0.194. The SMILES string of the molecule is O=c1[nH]c2ncc(Br)cc2n1-c1ccc2[nH]ccc2c1. The zero-order chi connectivity index (χ0) is 13.7. The summed E-state index contributed by atoms with van der Waals surface area (Å²) in [4.78, 5) is 22.3. The maximum Gasteiger partial charge on any atom is 0.332 e. The van der Waals surface area contributed by atoms with Gasteiger partial charge in [-0.2, -0.15) is 0 Å². The minimum Gasteiger partial charge on any atom is -0.361 e. The van der Waals surface area contributed by atoms with Crippen molar-refractivity contribution >= 4 is 38.0 Å². The molecule has 3 aromatic heterocycles. The molecule has 0 fully saturated rings. The number of hydrogen-bond acceptors (Lipinski definition) is 2.